The standard InChI is InChI=1S/C14H14N4O4/c19-11-3-1-9(7-17-11)13(21)15-5-6-16-14(22)10-2-4-12(20)18-8-10/h1-4,7-8H,5-6H2,(H,15,21)(H,16,22)(H,17,19)(H,18,20). The number of aromatic hydroxyl groups is 2. The van der Waals surface area contributed by atoms with E-state index < -0.39 is 0 Å². The number of carbonyl (C=O) groups excluding carboxylic acids is 2. The van der Waals surface area contributed by atoms with Crippen molar-refractivity contribution in [3.8, 4) is 11.8 Å². The fourth-order valence-electron chi connectivity index (χ4n) is 1.60. The molecule has 2 amide bonds. The van der Waals surface area contributed by atoms with E-state index in [1.807, 2.05) is 0 Å². The second-order valence-electron chi connectivity index (χ2n) is 4.32. The number of rotatable bonds is 5. The molecule has 0 aliphatic heterocycles. The van der Waals surface area contributed by atoms with E-state index in [9.17, 15) is 9.59 Å². The van der Waals surface area contributed by atoms with E-state index in [0.717, 1.165) is 0 Å². The summed E-state index contributed by atoms with van der Waals surface area (Å²) in [6.07, 6.45) is 2.51. The van der Waals surface area contributed by atoms with Gasteiger partial charge in [0.1, 0.15) is 0 Å². The summed E-state index contributed by atoms with van der Waals surface area (Å²) in [6.45, 7) is 0.466. The molecular weight excluding hydrogens is 288 g/mol. The molecule has 2 aromatic heterocycles. The van der Waals surface area contributed by atoms with Gasteiger partial charge in [-0.3, -0.25) is 9.59 Å². The molecule has 0 bridgehead atoms. The van der Waals surface area contributed by atoms with E-state index in [4.69, 9.17) is 10.2 Å². The van der Waals surface area contributed by atoms with Gasteiger partial charge in [0.2, 0.25) is 11.8 Å². The van der Waals surface area contributed by atoms with Crippen molar-refractivity contribution < 1.29 is 19.8 Å². The largest absolute Gasteiger partial charge is 0.493 e. The van der Waals surface area contributed by atoms with Crippen molar-refractivity contribution in [3.63, 3.8) is 0 Å². The molecular formula is C14H14N4O4. The Morgan fingerprint density at radius 2 is 1.23 bits per heavy atom. The second-order valence-corrected chi connectivity index (χ2v) is 4.32. The van der Waals surface area contributed by atoms with Crippen molar-refractivity contribution in [2.24, 2.45) is 0 Å². The zero-order chi connectivity index (χ0) is 15.9. The van der Waals surface area contributed by atoms with Gasteiger partial charge in [-0.15, -0.1) is 0 Å². The van der Waals surface area contributed by atoms with Gasteiger partial charge in [0.25, 0.3) is 11.8 Å². The number of hydrogen-bond acceptors (Lipinski definition) is 6. The number of amides is 2. The summed E-state index contributed by atoms with van der Waals surface area (Å²) in [5.74, 6) is -1.03. The summed E-state index contributed by atoms with van der Waals surface area (Å²) in [5, 5.41) is 23.3. The van der Waals surface area contributed by atoms with Crippen LogP contribution in [0.3, 0.4) is 0 Å². The monoisotopic (exact) mass is 302 g/mol. The smallest absolute Gasteiger partial charge is 0.252 e. The van der Waals surface area contributed by atoms with Crippen LogP contribution in [0, 0.1) is 0 Å². The van der Waals surface area contributed by atoms with Crippen LogP contribution in [-0.4, -0.2) is 45.1 Å². The third-order valence-corrected chi connectivity index (χ3v) is 2.72. The molecule has 0 atom stereocenters. The van der Waals surface area contributed by atoms with E-state index >= 15 is 0 Å². The summed E-state index contributed by atoms with van der Waals surface area (Å²) in [4.78, 5) is 30.7. The maximum absolute atomic E-state index is 11.7. The van der Waals surface area contributed by atoms with Gasteiger partial charge in [0.05, 0.1) is 11.1 Å². The average molecular weight is 302 g/mol. The Hall–Kier alpha value is -3.16. The topological polar surface area (TPSA) is 124 Å². The van der Waals surface area contributed by atoms with Crippen LogP contribution in [0.15, 0.2) is 36.7 Å². The molecule has 2 aromatic rings. The first-order chi connectivity index (χ1) is 10.6. The van der Waals surface area contributed by atoms with Crippen LogP contribution in [0.1, 0.15) is 20.7 Å². The minimum absolute atomic E-state index is 0.161. The number of hydrogen-bond donors (Lipinski definition) is 4. The van der Waals surface area contributed by atoms with Gasteiger partial charge < -0.3 is 20.8 Å². The summed E-state index contributed by atoms with van der Waals surface area (Å²) >= 11 is 0. The minimum Gasteiger partial charge on any atom is -0.493 e. The van der Waals surface area contributed by atoms with E-state index in [1.165, 1.54) is 36.7 Å². The molecule has 0 aromatic carbocycles. The molecule has 22 heavy (non-hydrogen) atoms. The number of nitrogens with one attached hydrogen (secondary N) is 2. The van der Waals surface area contributed by atoms with Gasteiger partial charge in [-0.2, -0.15) is 0 Å². The number of pyridine rings is 2. The third-order valence-electron chi connectivity index (χ3n) is 2.72. The van der Waals surface area contributed by atoms with Crippen LogP contribution in [0.5, 0.6) is 11.8 Å². The van der Waals surface area contributed by atoms with Gasteiger partial charge in [-0.1, -0.05) is 0 Å². The number of nitrogens with zero attached hydrogens (tertiary/aromatic N) is 2. The highest BCUT2D eigenvalue weighted by Crippen LogP contribution is 2.05. The molecule has 0 unspecified atom stereocenters. The van der Waals surface area contributed by atoms with E-state index in [1.54, 1.807) is 0 Å². The lowest BCUT2D eigenvalue weighted by Crippen LogP contribution is -2.34. The number of aromatic nitrogens is 2. The van der Waals surface area contributed by atoms with Crippen molar-refractivity contribution >= 4 is 11.8 Å². The highest BCUT2D eigenvalue weighted by molar-refractivity contribution is 5.94. The van der Waals surface area contributed by atoms with Crippen LogP contribution in [0.25, 0.3) is 0 Å². The fourth-order valence-corrected chi connectivity index (χ4v) is 1.60. The molecule has 0 aliphatic carbocycles. The van der Waals surface area contributed by atoms with Crippen molar-refractivity contribution in [1.29, 1.82) is 0 Å². The molecule has 0 aliphatic rings. The van der Waals surface area contributed by atoms with Crippen molar-refractivity contribution in [2.75, 3.05) is 13.1 Å². The maximum atomic E-state index is 11.7. The predicted molar refractivity (Wildman–Crippen MR) is 76.5 cm³/mol. The molecule has 8 heteroatoms. The molecule has 4 N–H and O–H groups in total. The zero-order valence-corrected chi connectivity index (χ0v) is 11.5. The SMILES string of the molecule is O=C(NCCNC(=O)c1ccc(O)nc1)c1ccc(O)nc1. The Labute approximate surface area is 125 Å². The molecule has 0 fully saturated rings. The van der Waals surface area contributed by atoms with Crippen LogP contribution < -0.4 is 10.6 Å². The Morgan fingerprint density at radius 1 is 0.818 bits per heavy atom. The molecule has 8 nitrogen and oxygen atoms in total. The van der Waals surface area contributed by atoms with Crippen molar-refractivity contribution in [3.05, 3.63) is 47.8 Å². The summed E-state index contributed by atoms with van der Waals surface area (Å²) in [7, 11) is 0. The second kappa shape index (κ2) is 7.02. The van der Waals surface area contributed by atoms with Gasteiger partial charge >= 0.3 is 0 Å². The number of carbonyl (C=O) groups is 2. The molecule has 0 saturated heterocycles. The van der Waals surface area contributed by atoms with Crippen LogP contribution in [0.4, 0.5) is 0 Å². The summed E-state index contributed by atoms with van der Waals surface area (Å²) in [5.41, 5.74) is 0.624. The van der Waals surface area contributed by atoms with Crippen molar-refractivity contribution in [2.45, 2.75) is 0 Å². The van der Waals surface area contributed by atoms with Crippen LogP contribution >= 0.6 is 0 Å². The first kappa shape index (κ1) is 15.2. The van der Waals surface area contributed by atoms with E-state index in [0.29, 0.717) is 11.1 Å². The Bertz CT molecular complexity index is 596. The zero-order valence-electron chi connectivity index (χ0n) is 11.5. The fraction of sp³-hybridized carbons (Fsp3) is 0.143. The highest BCUT2D eigenvalue weighted by Gasteiger charge is 2.07. The molecule has 0 spiro atoms. The summed E-state index contributed by atoms with van der Waals surface area (Å²) < 4.78 is 0. The Morgan fingerprint density at radius 3 is 1.55 bits per heavy atom. The van der Waals surface area contributed by atoms with Crippen LogP contribution in [-0.2, 0) is 0 Å². The first-order valence-corrected chi connectivity index (χ1v) is 6.42. The van der Waals surface area contributed by atoms with E-state index in [2.05, 4.69) is 20.6 Å². The lowest BCUT2D eigenvalue weighted by Gasteiger charge is -2.07. The third kappa shape index (κ3) is 4.17. The quantitative estimate of drug-likeness (QED) is 0.578. The summed E-state index contributed by atoms with van der Waals surface area (Å²) in [6, 6.07) is 5.51. The Balaban J connectivity index is 1.74. The average Bonchev–Trinajstić information content (AvgIpc) is 2.52. The van der Waals surface area contributed by atoms with E-state index in [-0.39, 0.29) is 36.7 Å². The van der Waals surface area contributed by atoms with Crippen LogP contribution in [0.2, 0.25) is 0 Å². The lowest BCUT2D eigenvalue weighted by atomic mass is 10.2. The predicted octanol–water partition coefficient (Wildman–Crippen LogP) is 0.0476. The molecule has 0 saturated carbocycles. The molecule has 2 heterocycles. The minimum atomic E-state index is -0.354. The highest BCUT2D eigenvalue weighted by atomic mass is 16.3. The first-order valence-electron chi connectivity index (χ1n) is 6.42. The van der Waals surface area contributed by atoms with Gasteiger partial charge in [-0.05, 0) is 12.1 Å². The lowest BCUT2D eigenvalue weighted by molar-refractivity contribution is 0.0927. The normalized spacial score (nSPS) is 10.0. The molecule has 0 radical (unpaired) electrons. The molecule has 114 valence electrons. The molecule has 2 rings (SSSR count). The van der Waals surface area contributed by atoms with Crippen molar-refractivity contribution in [1.82, 2.24) is 20.6 Å². The van der Waals surface area contributed by atoms with Gasteiger partial charge in [0.15, 0.2) is 0 Å². The van der Waals surface area contributed by atoms with Gasteiger partial charge in [-0.25, -0.2) is 9.97 Å². The van der Waals surface area contributed by atoms with Gasteiger partial charge in [0, 0.05) is 37.6 Å². The maximum Gasteiger partial charge on any atom is 0.252 e. The Kier molecular flexibility index (Phi) is 4.86.